The Morgan fingerprint density at radius 2 is 2.35 bits per heavy atom. The standard InChI is InChI=1S/C14H19ClFN3O/c1-14(8-17)4-5-19(9-14)7-13(20)18-12-6-10(15)2-3-11(12)16/h2-3,6H,4-5,7-9,17H2,1H3,(H,18,20). The maximum absolute atomic E-state index is 13.5. The number of amides is 1. The number of nitrogens with one attached hydrogen (secondary N) is 1. The molecule has 6 heteroatoms. The maximum atomic E-state index is 13.5. The number of nitrogens with zero attached hydrogens (tertiary/aromatic N) is 1. The lowest BCUT2D eigenvalue weighted by molar-refractivity contribution is -0.117. The summed E-state index contributed by atoms with van der Waals surface area (Å²) in [7, 11) is 0. The SMILES string of the molecule is CC1(CN)CCN(CC(=O)Nc2cc(Cl)ccc2F)C1. The highest BCUT2D eigenvalue weighted by atomic mass is 35.5. The highest BCUT2D eigenvalue weighted by Crippen LogP contribution is 2.28. The summed E-state index contributed by atoms with van der Waals surface area (Å²) in [6, 6.07) is 4.09. The molecule has 3 N–H and O–H groups in total. The fourth-order valence-electron chi connectivity index (χ4n) is 2.41. The van der Waals surface area contributed by atoms with Gasteiger partial charge in [0.15, 0.2) is 0 Å². The molecular formula is C14H19ClFN3O. The van der Waals surface area contributed by atoms with E-state index in [1.165, 1.54) is 18.2 Å². The van der Waals surface area contributed by atoms with Gasteiger partial charge in [-0.15, -0.1) is 0 Å². The zero-order chi connectivity index (χ0) is 14.8. The molecule has 1 saturated heterocycles. The quantitative estimate of drug-likeness (QED) is 0.895. The Bertz CT molecular complexity index is 511. The van der Waals surface area contributed by atoms with Gasteiger partial charge in [-0.05, 0) is 43.1 Å². The van der Waals surface area contributed by atoms with Crippen molar-refractivity contribution in [2.75, 3.05) is 31.5 Å². The zero-order valence-corrected chi connectivity index (χ0v) is 12.2. The highest BCUT2D eigenvalue weighted by Gasteiger charge is 2.33. The molecule has 0 aromatic heterocycles. The summed E-state index contributed by atoms with van der Waals surface area (Å²) < 4.78 is 13.5. The van der Waals surface area contributed by atoms with E-state index in [0.717, 1.165) is 19.5 Å². The molecule has 1 unspecified atom stereocenters. The van der Waals surface area contributed by atoms with Crippen molar-refractivity contribution in [1.82, 2.24) is 4.90 Å². The third kappa shape index (κ3) is 3.69. The number of hydrogen-bond donors (Lipinski definition) is 2. The summed E-state index contributed by atoms with van der Waals surface area (Å²) in [5.41, 5.74) is 5.91. The molecule has 1 aliphatic rings. The third-order valence-corrected chi connectivity index (χ3v) is 3.93. The van der Waals surface area contributed by atoms with Crippen molar-refractivity contribution < 1.29 is 9.18 Å². The first-order chi connectivity index (χ1) is 9.42. The van der Waals surface area contributed by atoms with E-state index in [1.807, 2.05) is 4.90 Å². The van der Waals surface area contributed by atoms with Crippen LogP contribution in [0.5, 0.6) is 0 Å². The smallest absolute Gasteiger partial charge is 0.238 e. The molecule has 4 nitrogen and oxygen atoms in total. The number of nitrogens with two attached hydrogens (primary N) is 1. The van der Waals surface area contributed by atoms with Crippen molar-refractivity contribution in [1.29, 1.82) is 0 Å². The van der Waals surface area contributed by atoms with Crippen LogP contribution >= 0.6 is 11.6 Å². The molecule has 0 saturated carbocycles. The molecule has 0 bridgehead atoms. The predicted octanol–water partition coefficient (Wildman–Crippen LogP) is 2.09. The number of halogens is 2. The second-order valence-electron chi connectivity index (χ2n) is 5.65. The number of hydrogen-bond acceptors (Lipinski definition) is 3. The minimum Gasteiger partial charge on any atom is -0.330 e. The van der Waals surface area contributed by atoms with Crippen LogP contribution < -0.4 is 11.1 Å². The molecule has 2 rings (SSSR count). The molecule has 1 amide bonds. The number of likely N-dealkylation sites (tertiary alicyclic amines) is 1. The van der Waals surface area contributed by atoms with Crippen molar-refractivity contribution in [2.45, 2.75) is 13.3 Å². The Labute approximate surface area is 123 Å². The van der Waals surface area contributed by atoms with E-state index in [9.17, 15) is 9.18 Å². The van der Waals surface area contributed by atoms with Gasteiger partial charge in [0.05, 0.1) is 12.2 Å². The van der Waals surface area contributed by atoms with Gasteiger partial charge in [-0.3, -0.25) is 9.69 Å². The minimum atomic E-state index is -0.490. The molecule has 20 heavy (non-hydrogen) atoms. The second-order valence-corrected chi connectivity index (χ2v) is 6.08. The third-order valence-electron chi connectivity index (χ3n) is 3.70. The zero-order valence-electron chi connectivity index (χ0n) is 11.5. The first kappa shape index (κ1) is 15.2. The normalized spacial score (nSPS) is 23.0. The van der Waals surface area contributed by atoms with Crippen molar-refractivity contribution >= 4 is 23.2 Å². The van der Waals surface area contributed by atoms with Crippen LogP contribution in [0.2, 0.25) is 5.02 Å². The first-order valence-electron chi connectivity index (χ1n) is 6.59. The van der Waals surface area contributed by atoms with E-state index < -0.39 is 5.82 Å². The number of benzene rings is 1. The molecular weight excluding hydrogens is 281 g/mol. The van der Waals surface area contributed by atoms with Crippen LogP contribution in [0.15, 0.2) is 18.2 Å². The van der Waals surface area contributed by atoms with Crippen LogP contribution in [0.1, 0.15) is 13.3 Å². The Morgan fingerprint density at radius 1 is 1.60 bits per heavy atom. The van der Waals surface area contributed by atoms with Crippen molar-refractivity contribution in [3.63, 3.8) is 0 Å². The number of carbonyl (C=O) groups excluding carboxylic acids is 1. The lowest BCUT2D eigenvalue weighted by Crippen LogP contribution is -2.35. The van der Waals surface area contributed by atoms with E-state index in [0.29, 0.717) is 11.6 Å². The van der Waals surface area contributed by atoms with Crippen LogP contribution in [-0.4, -0.2) is 37.0 Å². The number of carbonyl (C=O) groups is 1. The lowest BCUT2D eigenvalue weighted by Gasteiger charge is -2.22. The van der Waals surface area contributed by atoms with Crippen molar-refractivity contribution in [3.05, 3.63) is 29.0 Å². The predicted molar refractivity (Wildman–Crippen MR) is 78.3 cm³/mol. The molecule has 1 heterocycles. The van der Waals surface area contributed by atoms with Gasteiger partial charge in [-0.1, -0.05) is 18.5 Å². The van der Waals surface area contributed by atoms with Crippen LogP contribution in [0, 0.1) is 11.2 Å². The average molecular weight is 300 g/mol. The van der Waals surface area contributed by atoms with Gasteiger partial charge in [0.25, 0.3) is 0 Å². The average Bonchev–Trinajstić information content (AvgIpc) is 2.76. The molecule has 1 atom stereocenters. The monoisotopic (exact) mass is 299 g/mol. The molecule has 0 aliphatic carbocycles. The summed E-state index contributed by atoms with van der Waals surface area (Å²) in [6.45, 7) is 4.57. The molecule has 0 radical (unpaired) electrons. The summed E-state index contributed by atoms with van der Waals surface area (Å²) in [5.74, 6) is -0.733. The van der Waals surface area contributed by atoms with E-state index in [-0.39, 0.29) is 23.6 Å². The Morgan fingerprint density at radius 3 is 3.00 bits per heavy atom. The van der Waals surface area contributed by atoms with Gasteiger partial charge >= 0.3 is 0 Å². The van der Waals surface area contributed by atoms with Crippen molar-refractivity contribution in [3.8, 4) is 0 Å². The van der Waals surface area contributed by atoms with E-state index in [1.54, 1.807) is 0 Å². The number of anilines is 1. The van der Waals surface area contributed by atoms with Gasteiger partial charge in [-0.25, -0.2) is 4.39 Å². The summed E-state index contributed by atoms with van der Waals surface area (Å²) in [6.07, 6.45) is 0.975. The molecule has 1 aliphatic heterocycles. The molecule has 0 spiro atoms. The van der Waals surface area contributed by atoms with E-state index >= 15 is 0 Å². The molecule has 1 fully saturated rings. The van der Waals surface area contributed by atoms with Crippen LogP contribution in [0.3, 0.4) is 0 Å². The first-order valence-corrected chi connectivity index (χ1v) is 6.97. The van der Waals surface area contributed by atoms with Crippen LogP contribution in [-0.2, 0) is 4.79 Å². The van der Waals surface area contributed by atoms with Gasteiger partial charge in [0, 0.05) is 11.6 Å². The van der Waals surface area contributed by atoms with Gasteiger partial charge < -0.3 is 11.1 Å². The van der Waals surface area contributed by atoms with Crippen LogP contribution in [0.4, 0.5) is 10.1 Å². The van der Waals surface area contributed by atoms with Gasteiger partial charge in [0.2, 0.25) is 5.91 Å². The lowest BCUT2D eigenvalue weighted by atomic mass is 9.90. The fourth-order valence-corrected chi connectivity index (χ4v) is 2.59. The van der Waals surface area contributed by atoms with Gasteiger partial charge in [-0.2, -0.15) is 0 Å². The van der Waals surface area contributed by atoms with Gasteiger partial charge in [0.1, 0.15) is 5.82 Å². The Kier molecular flexibility index (Phi) is 4.62. The largest absolute Gasteiger partial charge is 0.330 e. The molecule has 1 aromatic rings. The fraction of sp³-hybridized carbons (Fsp3) is 0.500. The number of rotatable bonds is 4. The van der Waals surface area contributed by atoms with Crippen molar-refractivity contribution in [2.24, 2.45) is 11.1 Å². The minimum absolute atomic E-state index is 0.0710. The Hall–Kier alpha value is -1.17. The molecule has 1 aromatic carbocycles. The summed E-state index contributed by atoms with van der Waals surface area (Å²) in [4.78, 5) is 14.0. The van der Waals surface area contributed by atoms with E-state index in [2.05, 4.69) is 12.2 Å². The second kappa shape index (κ2) is 6.08. The van der Waals surface area contributed by atoms with E-state index in [4.69, 9.17) is 17.3 Å². The summed E-state index contributed by atoms with van der Waals surface area (Å²) >= 11 is 5.78. The highest BCUT2D eigenvalue weighted by molar-refractivity contribution is 6.30. The Balaban J connectivity index is 1.92. The topological polar surface area (TPSA) is 58.4 Å². The summed E-state index contributed by atoms with van der Waals surface area (Å²) in [5, 5.41) is 2.94. The maximum Gasteiger partial charge on any atom is 0.238 e. The van der Waals surface area contributed by atoms with Crippen LogP contribution in [0.25, 0.3) is 0 Å². The molecule has 110 valence electrons.